The van der Waals surface area contributed by atoms with Crippen molar-refractivity contribution in [1.82, 2.24) is 4.90 Å². The van der Waals surface area contributed by atoms with E-state index in [1.54, 1.807) is 30.1 Å². The van der Waals surface area contributed by atoms with Crippen molar-refractivity contribution in [2.75, 3.05) is 19.3 Å². The Labute approximate surface area is 88.5 Å². The molecule has 0 atom stereocenters. The molecule has 0 heterocycles. The highest BCUT2D eigenvalue weighted by molar-refractivity contribution is 6.33. The quantitative estimate of drug-likeness (QED) is 0.763. The summed E-state index contributed by atoms with van der Waals surface area (Å²) in [6.45, 7) is 2.55. The van der Waals surface area contributed by atoms with Crippen molar-refractivity contribution in [3.8, 4) is 0 Å². The van der Waals surface area contributed by atoms with Crippen LogP contribution < -0.4 is 5.73 Å². The molecule has 1 amide bonds. The fraction of sp³-hybridized carbons (Fsp3) is 0.300. The van der Waals surface area contributed by atoms with Gasteiger partial charge in [-0.2, -0.15) is 0 Å². The van der Waals surface area contributed by atoms with Crippen LogP contribution in [0.2, 0.25) is 5.02 Å². The molecule has 0 unspecified atom stereocenters. The lowest BCUT2D eigenvalue weighted by molar-refractivity contribution is 0.0803. The summed E-state index contributed by atoms with van der Waals surface area (Å²) in [6.07, 6.45) is 0. The molecule has 14 heavy (non-hydrogen) atoms. The van der Waals surface area contributed by atoms with Crippen molar-refractivity contribution in [3.63, 3.8) is 0 Å². The summed E-state index contributed by atoms with van der Waals surface area (Å²) in [5, 5.41) is 0.417. The van der Waals surface area contributed by atoms with Crippen molar-refractivity contribution in [3.05, 3.63) is 28.8 Å². The number of nitrogens with zero attached hydrogens (tertiary/aromatic N) is 1. The molecule has 0 aliphatic carbocycles. The lowest BCUT2D eigenvalue weighted by Crippen LogP contribution is -2.27. The van der Waals surface area contributed by atoms with Crippen molar-refractivity contribution in [2.45, 2.75) is 6.92 Å². The van der Waals surface area contributed by atoms with Crippen molar-refractivity contribution in [1.29, 1.82) is 0 Å². The normalized spacial score (nSPS) is 9.93. The molecule has 4 heteroatoms. The van der Waals surface area contributed by atoms with E-state index in [2.05, 4.69) is 0 Å². The summed E-state index contributed by atoms with van der Waals surface area (Å²) >= 11 is 5.81. The molecule has 0 spiro atoms. The van der Waals surface area contributed by atoms with Crippen molar-refractivity contribution < 1.29 is 4.79 Å². The SMILES string of the molecule is CCN(C)C(=O)c1cccc(Cl)c1N. The first-order valence-electron chi connectivity index (χ1n) is 4.37. The summed E-state index contributed by atoms with van der Waals surface area (Å²) < 4.78 is 0. The number of carbonyl (C=O) groups excluding carboxylic acids is 1. The molecule has 1 aromatic rings. The lowest BCUT2D eigenvalue weighted by atomic mass is 10.1. The van der Waals surface area contributed by atoms with Crippen LogP contribution in [0.4, 0.5) is 5.69 Å². The zero-order valence-corrected chi connectivity index (χ0v) is 9.01. The van der Waals surface area contributed by atoms with Gasteiger partial charge in [0.05, 0.1) is 16.3 Å². The Kier molecular flexibility index (Phi) is 3.36. The fourth-order valence-electron chi connectivity index (χ4n) is 1.07. The van der Waals surface area contributed by atoms with Crippen LogP contribution >= 0.6 is 11.6 Å². The lowest BCUT2D eigenvalue weighted by Gasteiger charge is -2.15. The molecule has 0 aliphatic heterocycles. The van der Waals surface area contributed by atoms with Crippen LogP contribution in [0, 0.1) is 0 Å². The molecule has 2 N–H and O–H groups in total. The maximum atomic E-state index is 11.7. The average Bonchev–Trinajstić information content (AvgIpc) is 2.20. The minimum Gasteiger partial charge on any atom is -0.397 e. The van der Waals surface area contributed by atoms with Gasteiger partial charge < -0.3 is 10.6 Å². The Balaban J connectivity index is 3.07. The number of anilines is 1. The molecular formula is C10H13ClN2O. The molecule has 0 radical (unpaired) electrons. The Bertz CT molecular complexity index is 352. The Morgan fingerprint density at radius 2 is 2.21 bits per heavy atom. The predicted molar refractivity (Wildman–Crippen MR) is 58.5 cm³/mol. The summed E-state index contributed by atoms with van der Waals surface area (Å²) in [7, 11) is 1.72. The molecule has 0 fully saturated rings. The monoisotopic (exact) mass is 212 g/mol. The van der Waals surface area contributed by atoms with E-state index in [1.165, 1.54) is 0 Å². The number of nitrogen functional groups attached to an aromatic ring is 1. The van der Waals surface area contributed by atoms with E-state index in [-0.39, 0.29) is 5.91 Å². The van der Waals surface area contributed by atoms with Crippen LogP contribution in [0.25, 0.3) is 0 Å². The second-order valence-electron chi connectivity index (χ2n) is 3.02. The highest BCUT2D eigenvalue weighted by Gasteiger charge is 2.14. The summed E-state index contributed by atoms with van der Waals surface area (Å²) in [5.74, 6) is -0.104. The van der Waals surface area contributed by atoms with Crippen molar-refractivity contribution in [2.24, 2.45) is 0 Å². The standard InChI is InChI=1S/C10H13ClN2O/c1-3-13(2)10(14)7-5-4-6-8(11)9(7)12/h4-6H,3,12H2,1-2H3. The van der Waals surface area contributed by atoms with Crippen LogP contribution in [0.15, 0.2) is 18.2 Å². The van der Waals surface area contributed by atoms with Gasteiger partial charge >= 0.3 is 0 Å². The van der Waals surface area contributed by atoms with Gasteiger partial charge in [0.1, 0.15) is 0 Å². The minimum atomic E-state index is -0.104. The highest BCUT2D eigenvalue weighted by Crippen LogP contribution is 2.23. The maximum absolute atomic E-state index is 11.7. The summed E-state index contributed by atoms with van der Waals surface area (Å²) in [6, 6.07) is 5.06. The van der Waals surface area contributed by atoms with Gasteiger partial charge in [-0.25, -0.2) is 0 Å². The van der Waals surface area contributed by atoms with Crippen LogP contribution in [-0.2, 0) is 0 Å². The van der Waals surface area contributed by atoms with Crippen LogP contribution in [0.3, 0.4) is 0 Å². The molecule has 1 aromatic carbocycles. The minimum absolute atomic E-state index is 0.104. The predicted octanol–water partition coefficient (Wildman–Crippen LogP) is 2.01. The number of hydrogen-bond donors (Lipinski definition) is 1. The third kappa shape index (κ3) is 1.99. The third-order valence-corrected chi connectivity index (χ3v) is 2.43. The zero-order valence-electron chi connectivity index (χ0n) is 8.25. The molecule has 0 saturated carbocycles. The number of rotatable bonds is 2. The Morgan fingerprint density at radius 1 is 1.57 bits per heavy atom. The van der Waals surface area contributed by atoms with Crippen LogP contribution in [-0.4, -0.2) is 24.4 Å². The van der Waals surface area contributed by atoms with Gasteiger partial charge in [-0.3, -0.25) is 4.79 Å². The van der Waals surface area contributed by atoms with E-state index in [9.17, 15) is 4.79 Å². The molecule has 0 saturated heterocycles. The molecule has 3 nitrogen and oxygen atoms in total. The highest BCUT2D eigenvalue weighted by atomic mass is 35.5. The summed E-state index contributed by atoms with van der Waals surface area (Å²) in [5.41, 5.74) is 6.50. The second-order valence-corrected chi connectivity index (χ2v) is 3.43. The first kappa shape index (κ1) is 10.9. The number of hydrogen-bond acceptors (Lipinski definition) is 2. The Hall–Kier alpha value is -1.22. The first-order valence-corrected chi connectivity index (χ1v) is 4.75. The second kappa shape index (κ2) is 4.33. The van der Waals surface area contributed by atoms with Crippen molar-refractivity contribution >= 4 is 23.2 Å². The zero-order chi connectivity index (χ0) is 10.7. The Morgan fingerprint density at radius 3 is 2.79 bits per heavy atom. The molecular weight excluding hydrogens is 200 g/mol. The van der Waals surface area contributed by atoms with Gasteiger partial charge in [0.15, 0.2) is 0 Å². The third-order valence-electron chi connectivity index (χ3n) is 2.10. The van der Waals surface area contributed by atoms with Gasteiger partial charge in [0.2, 0.25) is 0 Å². The molecule has 0 aromatic heterocycles. The smallest absolute Gasteiger partial charge is 0.255 e. The maximum Gasteiger partial charge on any atom is 0.255 e. The van der Waals surface area contributed by atoms with E-state index < -0.39 is 0 Å². The van der Waals surface area contributed by atoms with Gasteiger partial charge in [-0.05, 0) is 19.1 Å². The van der Waals surface area contributed by atoms with Gasteiger partial charge in [0.25, 0.3) is 5.91 Å². The number of halogens is 1. The number of benzene rings is 1. The van der Waals surface area contributed by atoms with E-state index in [1.807, 2.05) is 6.92 Å². The van der Waals surface area contributed by atoms with Gasteiger partial charge in [-0.1, -0.05) is 17.7 Å². The molecule has 0 bridgehead atoms. The number of nitrogens with two attached hydrogens (primary N) is 1. The van der Waals surface area contributed by atoms with E-state index >= 15 is 0 Å². The van der Waals surface area contributed by atoms with Crippen LogP contribution in [0.1, 0.15) is 17.3 Å². The molecule has 76 valence electrons. The summed E-state index contributed by atoms with van der Waals surface area (Å²) in [4.78, 5) is 13.3. The fourth-order valence-corrected chi connectivity index (χ4v) is 1.25. The van der Waals surface area contributed by atoms with E-state index in [0.717, 1.165) is 0 Å². The van der Waals surface area contributed by atoms with E-state index in [0.29, 0.717) is 22.8 Å². The molecule has 1 rings (SSSR count). The van der Waals surface area contributed by atoms with Crippen LogP contribution in [0.5, 0.6) is 0 Å². The average molecular weight is 213 g/mol. The largest absolute Gasteiger partial charge is 0.397 e. The van der Waals surface area contributed by atoms with Gasteiger partial charge in [-0.15, -0.1) is 0 Å². The number of carbonyl (C=O) groups is 1. The number of amides is 1. The topological polar surface area (TPSA) is 46.3 Å². The van der Waals surface area contributed by atoms with E-state index in [4.69, 9.17) is 17.3 Å². The first-order chi connectivity index (χ1) is 6.57. The molecule has 0 aliphatic rings. The number of para-hydroxylation sites is 1. The van der Waals surface area contributed by atoms with Gasteiger partial charge in [0, 0.05) is 13.6 Å².